The van der Waals surface area contributed by atoms with Crippen LogP contribution < -0.4 is 10.6 Å². The maximum Gasteiger partial charge on any atom is 0.0636 e. The van der Waals surface area contributed by atoms with E-state index in [1.54, 1.807) is 0 Å². The maximum atomic E-state index is 5.32. The van der Waals surface area contributed by atoms with Gasteiger partial charge in [0.15, 0.2) is 0 Å². The lowest BCUT2D eigenvalue weighted by Crippen LogP contribution is -2.43. The molecule has 3 heteroatoms. The molecule has 2 fully saturated rings. The van der Waals surface area contributed by atoms with Crippen molar-refractivity contribution in [3.05, 3.63) is 0 Å². The van der Waals surface area contributed by atoms with Crippen LogP contribution in [0.3, 0.4) is 0 Å². The summed E-state index contributed by atoms with van der Waals surface area (Å²) in [7, 11) is 0. The van der Waals surface area contributed by atoms with Gasteiger partial charge in [0.05, 0.1) is 13.2 Å². The van der Waals surface area contributed by atoms with E-state index in [4.69, 9.17) is 4.74 Å². The summed E-state index contributed by atoms with van der Waals surface area (Å²) in [6, 6.07) is 1.14. The third-order valence-corrected chi connectivity index (χ3v) is 2.25. The van der Waals surface area contributed by atoms with Gasteiger partial charge in [-0.3, -0.25) is 0 Å². The molecule has 0 aromatic carbocycles. The van der Waals surface area contributed by atoms with Crippen molar-refractivity contribution >= 4 is 0 Å². The summed E-state index contributed by atoms with van der Waals surface area (Å²) < 4.78 is 5.32. The van der Waals surface area contributed by atoms with Gasteiger partial charge in [-0.1, -0.05) is 0 Å². The first-order valence-corrected chi connectivity index (χ1v) is 4.01. The van der Waals surface area contributed by atoms with Crippen LogP contribution in [0, 0.1) is 0 Å². The molecule has 0 spiro atoms. The summed E-state index contributed by atoms with van der Waals surface area (Å²) in [6.45, 7) is 4.05. The normalized spacial score (nSPS) is 40.8. The van der Waals surface area contributed by atoms with Crippen molar-refractivity contribution in [2.45, 2.75) is 18.5 Å². The fourth-order valence-electron chi connectivity index (χ4n) is 1.62. The molecule has 0 saturated carbocycles. The zero-order valence-electron chi connectivity index (χ0n) is 6.10. The monoisotopic (exact) mass is 142 g/mol. The molecule has 3 nitrogen and oxygen atoms in total. The van der Waals surface area contributed by atoms with Crippen LogP contribution in [0.1, 0.15) is 6.42 Å². The highest BCUT2D eigenvalue weighted by atomic mass is 16.5. The van der Waals surface area contributed by atoms with Gasteiger partial charge >= 0.3 is 0 Å². The summed E-state index contributed by atoms with van der Waals surface area (Å²) >= 11 is 0. The van der Waals surface area contributed by atoms with Gasteiger partial charge in [-0.15, -0.1) is 0 Å². The van der Waals surface area contributed by atoms with Crippen molar-refractivity contribution in [3.8, 4) is 0 Å². The lowest BCUT2D eigenvalue weighted by atomic mass is 10.2. The molecular weight excluding hydrogens is 128 g/mol. The average molecular weight is 142 g/mol. The Morgan fingerprint density at radius 3 is 2.20 bits per heavy atom. The molecule has 0 radical (unpaired) electrons. The molecule has 0 amide bonds. The molecule has 0 aliphatic carbocycles. The van der Waals surface area contributed by atoms with E-state index in [1.807, 2.05) is 0 Å². The highest BCUT2D eigenvalue weighted by molar-refractivity contribution is 4.88. The molecule has 2 atom stereocenters. The molecule has 0 aromatic heterocycles. The molecule has 2 aliphatic heterocycles. The van der Waals surface area contributed by atoms with Gasteiger partial charge in [0.2, 0.25) is 0 Å². The predicted octanol–water partition coefficient (Wildman–Crippen LogP) is -0.663. The van der Waals surface area contributed by atoms with Crippen LogP contribution in [0.4, 0.5) is 0 Å². The Morgan fingerprint density at radius 1 is 1.00 bits per heavy atom. The summed E-state index contributed by atoms with van der Waals surface area (Å²) in [6.07, 6.45) is 1.24. The van der Waals surface area contributed by atoms with Crippen LogP contribution in [-0.2, 0) is 4.74 Å². The minimum atomic E-state index is 0.572. The number of nitrogens with one attached hydrogen (secondary N) is 2. The van der Waals surface area contributed by atoms with E-state index in [9.17, 15) is 0 Å². The standard InChI is InChI=1S/C7H14N2O/c1-2-8-6-4-10-5-7(6)9-3-1/h6-9H,1-5H2/t6-,7+. The first kappa shape index (κ1) is 6.58. The van der Waals surface area contributed by atoms with Crippen LogP contribution >= 0.6 is 0 Å². The summed E-state index contributed by atoms with van der Waals surface area (Å²) in [4.78, 5) is 0. The van der Waals surface area contributed by atoms with Crippen LogP contribution in [0.25, 0.3) is 0 Å². The minimum Gasteiger partial charge on any atom is -0.378 e. The maximum absolute atomic E-state index is 5.32. The van der Waals surface area contributed by atoms with E-state index in [0.29, 0.717) is 12.1 Å². The second-order valence-electron chi connectivity index (χ2n) is 3.01. The van der Waals surface area contributed by atoms with E-state index in [0.717, 1.165) is 26.3 Å². The number of hydrogen-bond donors (Lipinski definition) is 2. The zero-order chi connectivity index (χ0) is 6.81. The van der Waals surface area contributed by atoms with E-state index < -0.39 is 0 Å². The summed E-state index contributed by atoms with van der Waals surface area (Å²) in [5.74, 6) is 0. The predicted molar refractivity (Wildman–Crippen MR) is 39.0 cm³/mol. The summed E-state index contributed by atoms with van der Waals surface area (Å²) in [5, 5.41) is 6.91. The smallest absolute Gasteiger partial charge is 0.0636 e. The van der Waals surface area contributed by atoms with Crippen molar-refractivity contribution in [2.24, 2.45) is 0 Å². The number of fused-ring (bicyclic) bond motifs is 1. The van der Waals surface area contributed by atoms with E-state index >= 15 is 0 Å². The number of ether oxygens (including phenoxy) is 1. The summed E-state index contributed by atoms with van der Waals surface area (Å²) in [5.41, 5.74) is 0. The van der Waals surface area contributed by atoms with Gasteiger partial charge < -0.3 is 15.4 Å². The zero-order valence-corrected chi connectivity index (χ0v) is 6.10. The first-order valence-electron chi connectivity index (χ1n) is 4.01. The Labute approximate surface area is 61.1 Å². The SMILES string of the molecule is C1CN[C@H]2COC[C@H]2NC1. The topological polar surface area (TPSA) is 33.3 Å². The highest BCUT2D eigenvalue weighted by Gasteiger charge is 2.28. The minimum absolute atomic E-state index is 0.572. The molecular formula is C7H14N2O. The molecule has 0 bridgehead atoms. The molecule has 58 valence electrons. The van der Waals surface area contributed by atoms with Crippen molar-refractivity contribution < 1.29 is 4.74 Å². The van der Waals surface area contributed by atoms with Gasteiger partial charge in [-0.2, -0.15) is 0 Å². The van der Waals surface area contributed by atoms with Gasteiger partial charge in [-0.05, 0) is 19.5 Å². The Bertz CT molecular complexity index is 106. The first-order chi connectivity index (χ1) is 4.97. The fraction of sp³-hybridized carbons (Fsp3) is 1.00. The Kier molecular flexibility index (Phi) is 1.88. The van der Waals surface area contributed by atoms with E-state index in [2.05, 4.69) is 10.6 Å². The van der Waals surface area contributed by atoms with Crippen molar-refractivity contribution in [1.82, 2.24) is 10.6 Å². The largest absolute Gasteiger partial charge is 0.378 e. The average Bonchev–Trinajstić information content (AvgIpc) is 2.28. The highest BCUT2D eigenvalue weighted by Crippen LogP contribution is 2.07. The molecule has 2 rings (SSSR count). The lowest BCUT2D eigenvalue weighted by Gasteiger charge is -2.14. The van der Waals surface area contributed by atoms with Crippen molar-refractivity contribution in [1.29, 1.82) is 0 Å². The van der Waals surface area contributed by atoms with Gasteiger partial charge in [-0.25, -0.2) is 0 Å². The quantitative estimate of drug-likeness (QED) is 0.471. The van der Waals surface area contributed by atoms with Gasteiger partial charge in [0.25, 0.3) is 0 Å². The van der Waals surface area contributed by atoms with Gasteiger partial charge in [0, 0.05) is 12.1 Å². The molecule has 2 N–H and O–H groups in total. The van der Waals surface area contributed by atoms with Gasteiger partial charge in [0.1, 0.15) is 0 Å². The lowest BCUT2D eigenvalue weighted by molar-refractivity contribution is 0.184. The van der Waals surface area contributed by atoms with Crippen molar-refractivity contribution in [2.75, 3.05) is 26.3 Å². The Hall–Kier alpha value is -0.120. The molecule has 0 aromatic rings. The fourth-order valence-corrected chi connectivity index (χ4v) is 1.62. The van der Waals surface area contributed by atoms with Crippen LogP contribution in [-0.4, -0.2) is 38.4 Å². The molecule has 2 saturated heterocycles. The van der Waals surface area contributed by atoms with Crippen LogP contribution in [0.5, 0.6) is 0 Å². The van der Waals surface area contributed by atoms with Crippen LogP contribution in [0.2, 0.25) is 0 Å². The Balaban J connectivity index is 1.95. The molecule has 10 heavy (non-hydrogen) atoms. The van der Waals surface area contributed by atoms with Crippen LogP contribution in [0.15, 0.2) is 0 Å². The molecule has 2 heterocycles. The third-order valence-electron chi connectivity index (χ3n) is 2.25. The van der Waals surface area contributed by atoms with E-state index in [1.165, 1.54) is 6.42 Å². The number of rotatable bonds is 0. The van der Waals surface area contributed by atoms with E-state index in [-0.39, 0.29) is 0 Å². The number of hydrogen-bond acceptors (Lipinski definition) is 3. The molecule has 2 aliphatic rings. The van der Waals surface area contributed by atoms with Crippen molar-refractivity contribution in [3.63, 3.8) is 0 Å². The second kappa shape index (κ2) is 2.86. The second-order valence-corrected chi connectivity index (χ2v) is 3.01. The molecule has 0 unspecified atom stereocenters. The Morgan fingerprint density at radius 2 is 1.60 bits per heavy atom. The third kappa shape index (κ3) is 1.17.